The second-order valence-electron chi connectivity index (χ2n) is 3.81. The van der Waals surface area contributed by atoms with E-state index in [1.807, 2.05) is 0 Å². The Kier molecular flexibility index (Phi) is 3.87. The molecule has 0 N–H and O–H groups in total. The molecule has 0 aromatic rings. The first kappa shape index (κ1) is 12.5. The van der Waals surface area contributed by atoms with Crippen LogP contribution in [0.15, 0.2) is 21.8 Å². The van der Waals surface area contributed by atoms with Gasteiger partial charge in [-0.3, -0.25) is 0 Å². The molecule has 0 spiro atoms. The van der Waals surface area contributed by atoms with E-state index in [0.717, 1.165) is 5.03 Å². The number of halogens is 1. The second kappa shape index (κ2) is 3.71. The first-order valence-electron chi connectivity index (χ1n) is 3.94. The van der Waals surface area contributed by atoms with Crippen molar-refractivity contribution in [3.8, 4) is 0 Å². The minimum absolute atomic E-state index is 0. The summed E-state index contributed by atoms with van der Waals surface area (Å²) in [4.78, 5) is 0. The first-order valence-corrected chi connectivity index (χ1v) is 4.32. The van der Waals surface area contributed by atoms with Crippen molar-refractivity contribution < 1.29 is 22.4 Å². The van der Waals surface area contributed by atoms with Crippen molar-refractivity contribution in [3.05, 3.63) is 21.8 Å². The maximum atomic E-state index is 6.18. The molecule has 67 valence electrons. The van der Waals surface area contributed by atoms with E-state index in [9.17, 15) is 0 Å². The van der Waals surface area contributed by atoms with Crippen molar-refractivity contribution in [2.75, 3.05) is 0 Å². The topological polar surface area (TPSA) is 0 Å². The Morgan fingerprint density at radius 2 is 1.42 bits per heavy atom. The van der Waals surface area contributed by atoms with Crippen molar-refractivity contribution in [1.29, 1.82) is 0 Å². The molecule has 1 aliphatic rings. The summed E-state index contributed by atoms with van der Waals surface area (Å²) < 4.78 is 0. The summed E-state index contributed by atoms with van der Waals surface area (Å²) >= 11 is 6.18. The van der Waals surface area contributed by atoms with Gasteiger partial charge in [-0.15, -0.1) is 0 Å². The summed E-state index contributed by atoms with van der Waals surface area (Å²) in [6.45, 7) is 10.7. The molecule has 1 radical (unpaired) electrons. The van der Waals surface area contributed by atoms with E-state index in [-0.39, 0.29) is 27.8 Å². The third-order valence-corrected chi connectivity index (χ3v) is 3.70. The van der Waals surface area contributed by atoms with Gasteiger partial charge in [0.1, 0.15) is 0 Å². The van der Waals surface area contributed by atoms with Gasteiger partial charge < -0.3 is 0 Å². The Morgan fingerprint density at radius 3 is 1.50 bits per heavy atom. The molecular formula is C10H15ClTa. The summed E-state index contributed by atoms with van der Waals surface area (Å²) in [6.07, 6.45) is 0. The molecule has 0 aromatic heterocycles. The molecule has 0 aliphatic heterocycles. The SMILES string of the molecule is CC1=C(C)C(C)(C)C(Cl)=C1C.[Ta]. The van der Waals surface area contributed by atoms with Crippen LogP contribution in [0.1, 0.15) is 34.6 Å². The number of hydrogen-bond donors (Lipinski definition) is 0. The van der Waals surface area contributed by atoms with Gasteiger partial charge in [-0.25, -0.2) is 0 Å². The van der Waals surface area contributed by atoms with Crippen LogP contribution in [-0.4, -0.2) is 0 Å². The number of hydrogen-bond acceptors (Lipinski definition) is 0. The van der Waals surface area contributed by atoms with Crippen molar-refractivity contribution >= 4 is 11.6 Å². The minimum Gasteiger partial charge on any atom is -0.0879 e. The van der Waals surface area contributed by atoms with Crippen LogP contribution in [0.5, 0.6) is 0 Å². The van der Waals surface area contributed by atoms with Crippen LogP contribution in [-0.2, 0) is 22.4 Å². The van der Waals surface area contributed by atoms with Crippen LogP contribution in [0, 0.1) is 5.41 Å². The monoisotopic (exact) mass is 351 g/mol. The third kappa shape index (κ3) is 1.58. The fraction of sp³-hybridized carbons (Fsp3) is 0.600. The molecule has 2 heteroatoms. The fourth-order valence-electron chi connectivity index (χ4n) is 1.55. The van der Waals surface area contributed by atoms with Crippen molar-refractivity contribution in [3.63, 3.8) is 0 Å². The van der Waals surface area contributed by atoms with E-state index >= 15 is 0 Å². The molecule has 1 aliphatic carbocycles. The normalized spacial score (nSPS) is 21.5. The zero-order valence-corrected chi connectivity index (χ0v) is 12.3. The van der Waals surface area contributed by atoms with Gasteiger partial charge in [0.25, 0.3) is 0 Å². The zero-order valence-electron chi connectivity index (χ0n) is 8.33. The smallest absolute Gasteiger partial charge is 0.0309 e. The molecule has 0 unspecified atom stereocenters. The maximum absolute atomic E-state index is 6.18. The second-order valence-corrected chi connectivity index (χ2v) is 4.19. The summed E-state index contributed by atoms with van der Waals surface area (Å²) in [6, 6.07) is 0. The Hall–Kier alpha value is 0.510. The molecular weight excluding hydrogens is 337 g/mol. The Labute approximate surface area is 95.6 Å². The van der Waals surface area contributed by atoms with Crippen molar-refractivity contribution in [1.82, 2.24) is 0 Å². The van der Waals surface area contributed by atoms with E-state index in [2.05, 4.69) is 34.6 Å². The largest absolute Gasteiger partial charge is 0.0879 e. The van der Waals surface area contributed by atoms with Crippen LogP contribution in [0.4, 0.5) is 0 Å². The maximum Gasteiger partial charge on any atom is 0.0309 e. The quantitative estimate of drug-likeness (QED) is 0.621. The van der Waals surface area contributed by atoms with Gasteiger partial charge >= 0.3 is 0 Å². The minimum atomic E-state index is 0. The van der Waals surface area contributed by atoms with Crippen LogP contribution >= 0.6 is 11.6 Å². The van der Waals surface area contributed by atoms with E-state index in [1.165, 1.54) is 16.7 Å². The molecule has 0 heterocycles. The molecule has 0 aromatic carbocycles. The zero-order chi connectivity index (χ0) is 8.81. The van der Waals surface area contributed by atoms with Crippen LogP contribution in [0.25, 0.3) is 0 Å². The molecule has 12 heavy (non-hydrogen) atoms. The summed E-state index contributed by atoms with van der Waals surface area (Å²) in [7, 11) is 0. The molecule has 0 saturated carbocycles. The average Bonchev–Trinajstić information content (AvgIpc) is 2.06. The average molecular weight is 352 g/mol. The molecule has 0 nitrogen and oxygen atoms in total. The predicted molar refractivity (Wildman–Crippen MR) is 50.7 cm³/mol. The number of allylic oxidation sites excluding steroid dienone is 4. The molecule has 0 bridgehead atoms. The van der Waals surface area contributed by atoms with E-state index in [1.54, 1.807) is 0 Å². The predicted octanol–water partition coefficient (Wildman–Crippen LogP) is 3.87. The molecule has 0 fully saturated rings. The van der Waals surface area contributed by atoms with Gasteiger partial charge in [0.2, 0.25) is 0 Å². The molecule has 0 amide bonds. The summed E-state index contributed by atoms with van der Waals surface area (Å²) in [5.41, 5.74) is 4.10. The van der Waals surface area contributed by atoms with E-state index in [4.69, 9.17) is 11.6 Å². The molecule has 1 rings (SSSR count). The van der Waals surface area contributed by atoms with Gasteiger partial charge in [0, 0.05) is 32.8 Å². The van der Waals surface area contributed by atoms with Crippen LogP contribution in [0.2, 0.25) is 0 Å². The Balaban J connectivity index is 0.00000121. The summed E-state index contributed by atoms with van der Waals surface area (Å²) in [5, 5.41) is 1.01. The van der Waals surface area contributed by atoms with Crippen molar-refractivity contribution in [2.24, 2.45) is 5.41 Å². The van der Waals surface area contributed by atoms with Gasteiger partial charge in [-0.2, -0.15) is 0 Å². The third-order valence-electron chi connectivity index (χ3n) is 2.94. The first-order chi connectivity index (χ1) is 4.89. The van der Waals surface area contributed by atoms with Gasteiger partial charge in [-0.1, -0.05) is 31.0 Å². The Bertz CT molecular complexity index is 233. The van der Waals surface area contributed by atoms with Crippen molar-refractivity contribution in [2.45, 2.75) is 34.6 Å². The Morgan fingerprint density at radius 1 is 1.00 bits per heavy atom. The van der Waals surface area contributed by atoms with Crippen LogP contribution in [0.3, 0.4) is 0 Å². The van der Waals surface area contributed by atoms with Crippen LogP contribution < -0.4 is 0 Å². The van der Waals surface area contributed by atoms with E-state index < -0.39 is 0 Å². The van der Waals surface area contributed by atoms with Gasteiger partial charge in [0.05, 0.1) is 0 Å². The fourth-order valence-corrected chi connectivity index (χ4v) is 1.83. The van der Waals surface area contributed by atoms with E-state index in [0.29, 0.717) is 0 Å². The molecule has 0 atom stereocenters. The van der Waals surface area contributed by atoms with Gasteiger partial charge in [0.15, 0.2) is 0 Å². The molecule has 0 saturated heterocycles. The van der Waals surface area contributed by atoms with Gasteiger partial charge in [-0.05, 0) is 31.9 Å². The summed E-state index contributed by atoms with van der Waals surface area (Å²) in [5.74, 6) is 0. The number of rotatable bonds is 0. The standard InChI is InChI=1S/C10H15Cl.Ta/c1-6-7(2)9(11)10(4,5)8(6)3;/h1-5H3;.